The summed E-state index contributed by atoms with van der Waals surface area (Å²) in [5, 5.41) is 3.30. The van der Waals surface area contributed by atoms with Crippen molar-refractivity contribution < 1.29 is 14.3 Å². The van der Waals surface area contributed by atoms with Gasteiger partial charge in [0.25, 0.3) is 11.5 Å². The van der Waals surface area contributed by atoms with E-state index in [2.05, 4.69) is 5.32 Å². The molecule has 1 aliphatic heterocycles. The molecule has 0 fully saturated rings. The molecule has 6 rings (SSSR count). The van der Waals surface area contributed by atoms with Gasteiger partial charge in [-0.25, -0.2) is 4.98 Å². The Morgan fingerprint density at radius 2 is 1.85 bits per heavy atom. The molecule has 2 aromatic carbocycles. The number of nitrogens with one attached hydrogen (secondary N) is 1. The van der Waals surface area contributed by atoms with Crippen molar-refractivity contribution >= 4 is 28.3 Å². The predicted molar refractivity (Wildman–Crippen MR) is 128 cm³/mol. The summed E-state index contributed by atoms with van der Waals surface area (Å²) < 4.78 is 14.1. The number of benzene rings is 2. The topological polar surface area (TPSA) is 86.9 Å². The molecule has 0 unspecified atom stereocenters. The van der Waals surface area contributed by atoms with Crippen LogP contribution in [0, 0.1) is 6.92 Å². The number of hydrogen-bond acceptors (Lipinski definition) is 5. The summed E-state index contributed by atoms with van der Waals surface area (Å²) in [4.78, 5) is 31.5. The molecule has 8 heteroatoms. The Morgan fingerprint density at radius 1 is 1.03 bits per heavy atom. The monoisotopic (exact) mass is 452 g/mol. The fraction of sp³-hybridized carbons (Fsp3) is 0.115. The number of pyridine rings is 1. The van der Waals surface area contributed by atoms with Gasteiger partial charge >= 0.3 is 0 Å². The third kappa shape index (κ3) is 3.36. The molecule has 0 radical (unpaired) electrons. The van der Waals surface area contributed by atoms with E-state index in [-0.39, 0.29) is 18.3 Å². The smallest absolute Gasteiger partial charge is 0.272 e. The molecule has 0 bridgehead atoms. The summed E-state index contributed by atoms with van der Waals surface area (Å²) in [5.74, 6) is 0.858. The molecule has 0 saturated carbocycles. The number of aryl methyl sites for hydroxylation is 1. The SMILES string of the molecule is Cc1ccc2nc3c(cc(C(=O)Nc4ccc5c(c4)OCO5)n3Cc3ccccc3)c(=O)n2c1. The number of hydrogen-bond donors (Lipinski definition) is 1. The van der Waals surface area contributed by atoms with E-state index in [1.54, 1.807) is 35.0 Å². The standard InChI is InChI=1S/C26H20N4O4/c1-16-7-10-23-28-24-19(26(32)30(23)13-16)12-20(29(24)14-17-5-3-2-4-6-17)25(31)27-18-8-9-21-22(11-18)34-15-33-21/h2-13H,14-15H2,1H3,(H,27,31). The maximum absolute atomic E-state index is 13.4. The minimum Gasteiger partial charge on any atom is -0.454 e. The number of amides is 1. The first-order valence-corrected chi connectivity index (χ1v) is 10.8. The normalized spacial score (nSPS) is 12.4. The molecule has 1 aliphatic rings. The van der Waals surface area contributed by atoms with Crippen molar-refractivity contribution in [3.8, 4) is 11.5 Å². The number of carbonyl (C=O) groups excluding carboxylic acids is 1. The van der Waals surface area contributed by atoms with Crippen LogP contribution in [0.15, 0.2) is 77.7 Å². The number of nitrogens with zero attached hydrogens (tertiary/aromatic N) is 3. The third-order valence-corrected chi connectivity index (χ3v) is 5.86. The number of anilines is 1. The van der Waals surface area contributed by atoms with Crippen molar-refractivity contribution in [3.05, 3.63) is 100 Å². The Bertz CT molecular complexity index is 1640. The Kier molecular flexibility index (Phi) is 4.58. The number of carbonyl (C=O) groups is 1. The van der Waals surface area contributed by atoms with Crippen LogP contribution in [0.5, 0.6) is 11.5 Å². The van der Waals surface area contributed by atoms with Crippen molar-refractivity contribution in [2.75, 3.05) is 12.1 Å². The van der Waals surface area contributed by atoms with Gasteiger partial charge in [-0.3, -0.25) is 14.0 Å². The van der Waals surface area contributed by atoms with Crippen LogP contribution in [0.1, 0.15) is 21.6 Å². The quantitative estimate of drug-likeness (QED) is 0.446. The van der Waals surface area contributed by atoms with E-state index in [0.717, 1.165) is 11.1 Å². The molecule has 0 atom stereocenters. The van der Waals surface area contributed by atoms with Crippen LogP contribution in [0.4, 0.5) is 5.69 Å². The third-order valence-electron chi connectivity index (χ3n) is 5.86. The molecule has 4 heterocycles. The fourth-order valence-electron chi connectivity index (χ4n) is 4.19. The molecule has 3 aromatic heterocycles. The second-order valence-electron chi connectivity index (χ2n) is 8.21. The maximum Gasteiger partial charge on any atom is 0.272 e. The first-order valence-electron chi connectivity index (χ1n) is 10.8. The lowest BCUT2D eigenvalue weighted by atomic mass is 10.2. The summed E-state index contributed by atoms with van der Waals surface area (Å²) in [6, 6.07) is 20.3. The Morgan fingerprint density at radius 3 is 2.71 bits per heavy atom. The van der Waals surface area contributed by atoms with Crippen LogP contribution in [0.3, 0.4) is 0 Å². The number of aromatic nitrogens is 3. The second kappa shape index (κ2) is 7.77. The van der Waals surface area contributed by atoms with Crippen LogP contribution < -0.4 is 20.3 Å². The van der Waals surface area contributed by atoms with Crippen LogP contribution >= 0.6 is 0 Å². The van der Waals surface area contributed by atoms with Crippen LogP contribution in [0.2, 0.25) is 0 Å². The summed E-state index contributed by atoms with van der Waals surface area (Å²) in [6.45, 7) is 2.46. The predicted octanol–water partition coefficient (Wildman–Crippen LogP) is 3.99. The van der Waals surface area contributed by atoms with Gasteiger partial charge in [-0.2, -0.15) is 0 Å². The van der Waals surface area contributed by atoms with E-state index in [9.17, 15) is 9.59 Å². The van der Waals surface area contributed by atoms with E-state index in [0.29, 0.717) is 46.1 Å². The average Bonchev–Trinajstić information content (AvgIpc) is 3.45. The van der Waals surface area contributed by atoms with Gasteiger partial charge < -0.3 is 19.4 Å². The highest BCUT2D eigenvalue weighted by Crippen LogP contribution is 2.34. The summed E-state index contributed by atoms with van der Waals surface area (Å²) in [6.07, 6.45) is 1.75. The zero-order valence-electron chi connectivity index (χ0n) is 18.3. The van der Waals surface area contributed by atoms with Crippen molar-refractivity contribution in [1.29, 1.82) is 0 Å². The minimum absolute atomic E-state index is 0.153. The Balaban J connectivity index is 1.49. The number of ether oxygens (including phenoxy) is 2. The molecular weight excluding hydrogens is 432 g/mol. The molecule has 5 aromatic rings. The molecule has 8 nitrogen and oxygen atoms in total. The van der Waals surface area contributed by atoms with Gasteiger partial charge in [0.05, 0.1) is 5.39 Å². The molecule has 0 spiro atoms. The van der Waals surface area contributed by atoms with E-state index in [1.807, 2.05) is 49.4 Å². The first-order chi connectivity index (χ1) is 16.6. The molecule has 1 N–H and O–H groups in total. The summed E-state index contributed by atoms with van der Waals surface area (Å²) >= 11 is 0. The molecule has 0 saturated heterocycles. The zero-order chi connectivity index (χ0) is 23.2. The fourth-order valence-corrected chi connectivity index (χ4v) is 4.19. The summed E-state index contributed by atoms with van der Waals surface area (Å²) in [7, 11) is 0. The highest BCUT2D eigenvalue weighted by atomic mass is 16.7. The van der Waals surface area contributed by atoms with E-state index < -0.39 is 0 Å². The lowest BCUT2D eigenvalue weighted by Gasteiger charge is -2.12. The lowest BCUT2D eigenvalue weighted by molar-refractivity contribution is 0.101. The molecule has 1 amide bonds. The van der Waals surface area contributed by atoms with Crippen LogP contribution in [0.25, 0.3) is 16.7 Å². The van der Waals surface area contributed by atoms with Crippen molar-refractivity contribution in [2.45, 2.75) is 13.5 Å². The zero-order valence-corrected chi connectivity index (χ0v) is 18.3. The number of rotatable bonds is 4. The average molecular weight is 452 g/mol. The van der Waals surface area contributed by atoms with Gasteiger partial charge in [-0.05, 0) is 42.3 Å². The van der Waals surface area contributed by atoms with Gasteiger partial charge in [0, 0.05) is 24.5 Å². The number of fused-ring (bicyclic) bond motifs is 3. The lowest BCUT2D eigenvalue weighted by Crippen LogP contribution is -2.18. The summed E-state index contributed by atoms with van der Waals surface area (Å²) in [5.41, 5.74) is 3.62. The minimum atomic E-state index is -0.350. The van der Waals surface area contributed by atoms with Crippen molar-refractivity contribution in [1.82, 2.24) is 14.0 Å². The van der Waals surface area contributed by atoms with Gasteiger partial charge in [0.1, 0.15) is 17.0 Å². The molecular formula is C26H20N4O4. The highest BCUT2D eigenvalue weighted by Gasteiger charge is 2.21. The molecule has 168 valence electrons. The first kappa shape index (κ1) is 20.0. The van der Waals surface area contributed by atoms with Gasteiger partial charge in [0.2, 0.25) is 6.79 Å². The second-order valence-corrected chi connectivity index (χ2v) is 8.21. The van der Waals surface area contributed by atoms with Gasteiger partial charge in [-0.15, -0.1) is 0 Å². The van der Waals surface area contributed by atoms with E-state index >= 15 is 0 Å². The van der Waals surface area contributed by atoms with Gasteiger partial charge in [-0.1, -0.05) is 36.4 Å². The highest BCUT2D eigenvalue weighted by molar-refractivity contribution is 6.06. The van der Waals surface area contributed by atoms with E-state index in [1.165, 1.54) is 4.40 Å². The van der Waals surface area contributed by atoms with Crippen LogP contribution in [-0.4, -0.2) is 26.7 Å². The van der Waals surface area contributed by atoms with E-state index in [4.69, 9.17) is 14.5 Å². The Hall–Kier alpha value is -4.59. The largest absolute Gasteiger partial charge is 0.454 e. The van der Waals surface area contributed by atoms with Crippen LogP contribution in [-0.2, 0) is 6.54 Å². The van der Waals surface area contributed by atoms with Crippen molar-refractivity contribution in [3.63, 3.8) is 0 Å². The van der Waals surface area contributed by atoms with Crippen molar-refractivity contribution in [2.24, 2.45) is 0 Å². The molecule has 34 heavy (non-hydrogen) atoms. The molecule has 0 aliphatic carbocycles. The van der Waals surface area contributed by atoms with Gasteiger partial charge in [0.15, 0.2) is 11.5 Å². The maximum atomic E-state index is 13.4. The Labute approximate surface area is 194 Å².